The van der Waals surface area contributed by atoms with Gasteiger partial charge < -0.3 is 10.2 Å². The van der Waals surface area contributed by atoms with E-state index >= 15 is 0 Å². The fraction of sp³-hybridized carbons (Fsp3) is 0.562. The van der Waals surface area contributed by atoms with Gasteiger partial charge in [-0.25, -0.2) is 0 Å². The van der Waals surface area contributed by atoms with Crippen LogP contribution in [0.15, 0.2) is 30.3 Å². The van der Waals surface area contributed by atoms with Crippen molar-refractivity contribution in [2.45, 2.75) is 25.7 Å². The molecule has 0 unspecified atom stereocenters. The molecule has 1 aromatic carbocycles. The minimum absolute atomic E-state index is 0.138. The predicted molar refractivity (Wildman–Crippen MR) is 78.0 cm³/mol. The molecule has 2 rings (SSSR count). The van der Waals surface area contributed by atoms with Crippen molar-refractivity contribution in [1.82, 2.24) is 10.2 Å². The fourth-order valence-electron chi connectivity index (χ4n) is 2.61. The molecule has 0 bridgehead atoms. The Hall–Kier alpha value is -1.35. The van der Waals surface area contributed by atoms with Crippen LogP contribution in [0.2, 0.25) is 0 Å². The summed E-state index contributed by atoms with van der Waals surface area (Å²) in [5.41, 5.74) is 1.08. The first-order valence-electron chi connectivity index (χ1n) is 7.23. The fourth-order valence-corrected chi connectivity index (χ4v) is 2.61. The standard InChI is InChI=1S/C16H24N2O/c1-18-11-8-14(9-12-18)7-10-17-16(19)13-15-5-3-2-4-6-15/h2-6,14H,7-13H2,1H3,(H,17,19). The van der Waals surface area contributed by atoms with Crippen LogP contribution in [0.5, 0.6) is 0 Å². The molecule has 19 heavy (non-hydrogen) atoms. The van der Waals surface area contributed by atoms with E-state index in [2.05, 4.69) is 17.3 Å². The zero-order chi connectivity index (χ0) is 13.5. The molecule has 1 aliphatic rings. The van der Waals surface area contributed by atoms with E-state index in [9.17, 15) is 4.79 Å². The van der Waals surface area contributed by atoms with Crippen molar-refractivity contribution >= 4 is 5.91 Å². The van der Waals surface area contributed by atoms with Crippen LogP contribution in [0.1, 0.15) is 24.8 Å². The van der Waals surface area contributed by atoms with Crippen molar-refractivity contribution in [2.24, 2.45) is 5.92 Å². The van der Waals surface area contributed by atoms with Crippen molar-refractivity contribution in [3.63, 3.8) is 0 Å². The van der Waals surface area contributed by atoms with Crippen LogP contribution in [0.3, 0.4) is 0 Å². The maximum absolute atomic E-state index is 11.8. The summed E-state index contributed by atoms with van der Waals surface area (Å²) in [6.45, 7) is 3.21. The van der Waals surface area contributed by atoms with E-state index in [0.29, 0.717) is 6.42 Å². The molecule has 0 aromatic heterocycles. The van der Waals surface area contributed by atoms with Crippen LogP contribution in [0.25, 0.3) is 0 Å². The SMILES string of the molecule is CN1CCC(CCNC(=O)Cc2ccccc2)CC1. The molecule has 1 aromatic rings. The summed E-state index contributed by atoms with van der Waals surface area (Å²) in [6.07, 6.45) is 4.15. The van der Waals surface area contributed by atoms with Crippen molar-refractivity contribution in [3.8, 4) is 0 Å². The van der Waals surface area contributed by atoms with Crippen molar-refractivity contribution in [1.29, 1.82) is 0 Å². The third kappa shape index (κ3) is 5.03. The Bertz CT molecular complexity index is 383. The summed E-state index contributed by atoms with van der Waals surface area (Å²) < 4.78 is 0. The first kappa shape index (κ1) is 14.1. The summed E-state index contributed by atoms with van der Waals surface area (Å²) in [4.78, 5) is 14.2. The maximum Gasteiger partial charge on any atom is 0.224 e. The van der Waals surface area contributed by atoms with Gasteiger partial charge >= 0.3 is 0 Å². The van der Waals surface area contributed by atoms with Gasteiger partial charge in [0.2, 0.25) is 5.91 Å². The molecule has 1 aliphatic heterocycles. The van der Waals surface area contributed by atoms with Gasteiger partial charge in [0.1, 0.15) is 0 Å². The molecule has 0 saturated carbocycles. The molecule has 1 amide bonds. The Morgan fingerprint density at radius 2 is 1.95 bits per heavy atom. The van der Waals surface area contributed by atoms with Gasteiger partial charge in [-0.1, -0.05) is 30.3 Å². The number of hydrogen-bond donors (Lipinski definition) is 1. The summed E-state index contributed by atoms with van der Waals surface area (Å²) in [5, 5.41) is 3.04. The highest BCUT2D eigenvalue weighted by Gasteiger charge is 2.16. The van der Waals surface area contributed by atoms with Gasteiger partial charge in [0.25, 0.3) is 0 Å². The Balaban J connectivity index is 1.62. The molecule has 0 spiro atoms. The lowest BCUT2D eigenvalue weighted by atomic mass is 9.94. The minimum Gasteiger partial charge on any atom is -0.356 e. The van der Waals surface area contributed by atoms with E-state index in [0.717, 1.165) is 24.4 Å². The third-order valence-corrected chi connectivity index (χ3v) is 3.92. The predicted octanol–water partition coefficient (Wildman–Crippen LogP) is 2.08. The third-order valence-electron chi connectivity index (χ3n) is 3.92. The summed E-state index contributed by atoms with van der Waals surface area (Å²) in [7, 11) is 2.18. The second-order valence-corrected chi connectivity index (χ2v) is 5.55. The second-order valence-electron chi connectivity index (χ2n) is 5.55. The average molecular weight is 260 g/mol. The van der Waals surface area contributed by atoms with Gasteiger partial charge in [0, 0.05) is 6.54 Å². The van der Waals surface area contributed by atoms with Gasteiger partial charge in [-0.3, -0.25) is 4.79 Å². The molecule has 0 radical (unpaired) electrons. The summed E-state index contributed by atoms with van der Waals surface area (Å²) >= 11 is 0. The van der Waals surface area contributed by atoms with Crippen LogP contribution in [0.4, 0.5) is 0 Å². The van der Waals surface area contributed by atoms with Gasteiger partial charge in [0.05, 0.1) is 6.42 Å². The summed E-state index contributed by atoms with van der Waals surface area (Å²) in [5.74, 6) is 0.923. The molecule has 104 valence electrons. The van der Waals surface area contributed by atoms with E-state index in [4.69, 9.17) is 0 Å². The minimum atomic E-state index is 0.138. The number of amides is 1. The highest BCUT2D eigenvalue weighted by molar-refractivity contribution is 5.78. The molecule has 1 N–H and O–H groups in total. The number of hydrogen-bond acceptors (Lipinski definition) is 2. The number of nitrogens with zero attached hydrogens (tertiary/aromatic N) is 1. The Morgan fingerprint density at radius 1 is 1.26 bits per heavy atom. The molecule has 0 aliphatic carbocycles. The monoisotopic (exact) mass is 260 g/mol. The van der Waals surface area contributed by atoms with Gasteiger partial charge in [-0.2, -0.15) is 0 Å². The number of carbonyl (C=O) groups is 1. The number of benzene rings is 1. The number of nitrogens with one attached hydrogen (secondary N) is 1. The summed E-state index contributed by atoms with van der Waals surface area (Å²) in [6, 6.07) is 9.91. The smallest absolute Gasteiger partial charge is 0.224 e. The van der Waals surface area contributed by atoms with Crippen LogP contribution in [-0.4, -0.2) is 37.5 Å². The topological polar surface area (TPSA) is 32.3 Å². The Morgan fingerprint density at radius 3 is 2.63 bits per heavy atom. The molecule has 0 atom stereocenters. The number of likely N-dealkylation sites (tertiary alicyclic amines) is 1. The lowest BCUT2D eigenvalue weighted by molar-refractivity contribution is -0.120. The van der Waals surface area contributed by atoms with E-state index in [1.54, 1.807) is 0 Å². The van der Waals surface area contributed by atoms with Crippen LogP contribution in [0, 0.1) is 5.92 Å². The van der Waals surface area contributed by atoms with Gasteiger partial charge in [-0.05, 0) is 50.9 Å². The van der Waals surface area contributed by atoms with Gasteiger partial charge in [0.15, 0.2) is 0 Å². The largest absolute Gasteiger partial charge is 0.356 e. The molecule has 1 fully saturated rings. The Labute approximate surface area is 116 Å². The number of piperidine rings is 1. The van der Waals surface area contributed by atoms with Gasteiger partial charge in [-0.15, -0.1) is 0 Å². The lowest BCUT2D eigenvalue weighted by Crippen LogP contribution is -2.33. The molecule has 3 nitrogen and oxygen atoms in total. The quantitative estimate of drug-likeness (QED) is 0.879. The average Bonchev–Trinajstić information content (AvgIpc) is 2.42. The molecule has 3 heteroatoms. The number of carbonyl (C=O) groups excluding carboxylic acids is 1. The molecular weight excluding hydrogens is 236 g/mol. The van der Waals surface area contributed by atoms with E-state index < -0.39 is 0 Å². The highest BCUT2D eigenvalue weighted by atomic mass is 16.1. The van der Waals surface area contributed by atoms with Crippen LogP contribution < -0.4 is 5.32 Å². The maximum atomic E-state index is 11.8. The number of rotatable bonds is 5. The van der Waals surface area contributed by atoms with Crippen LogP contribution >= 0.6 is 0 Å². The zero-order valence-electron chi connectivity index (χ0n) is 11.8. The molecular formula is C16H24N2O. The normalized spacial score (nSPS) is 17.3. The highest BCUT2D eigenvalue weighted by Crippen LogP contribution is 2.18. The van der Waals surface area contributed by atoms with E-state index in [1.165, 1.54) is 25.9 Å². The second kappa shape index (κ2) is 7.29. The van der Waals surface area contributed by atoms with E-state index in [-0.39, 0.29) is 5.91 Å². The van der Waals surface area contributed by atoms with Crippen molar-refractivity contribution in [2.75, 3.05) is 26.7 Å². The Kier molecular flexibility index (Phi) is 5.40. The first-order chi connectivity index (χ1) is 9.24. The van der Waals surface area contributed by atoms with Crippen molar-refractivity contribution in [3.05, 3.63) is 35.9 Å². The first-order valence-corrected chi connectivity index (χ1v) is 7.23. The van der Waals surface area contributed by atoms with Crippen LogP contribution in [-0.2, 0) is 11.2 Å². The van der Waals surface area contributed by atoms with E-state index in [1.807, 2.05) is 30.3 Å². The molecule has 1 heterocycles. The zero-order valence-corrected chi connectivity index (χ0v) is 11.8. The molecule has 1 saturated heterocycles. The van der Waals surface area contributed by atoms with Crippen molar-refractivity contribution < 1.29 is 4.79 Å². The lowest BCUT2D eigenvalue weighted by Gasteiger charge is -2.28.